The van der Waals surface area contributed by atoms with Crippen LogP contribution in [-0.2, 0) is 33.2 Å². The zero-order valence-corrected chi connectivity index (χ0v) is 35.7. The van der Waals surface area contributed by atoms with Crippen molar-refractivity contribution in [3.63, 3.8) is 0 Å². The van der Waals surface area contributed by atoms with Crippen LogP contribution in [-0.4, -0.2) is 142 Å². The first-order chi connectivity index (χ1) is 28.6. The van der Waals surface area contributed by atoms with Crippen molar-refractivity contribution in [3.05, 3.63) is 48.6 Å². The number of carbonyl (C=O) groups excluding carboxylic acids is 1. The molecule has 2 aliphatic heterocycles. The number of hydrogen-bond donors (Lipinski definition) is 7. The zero-order chi connectivity index (χ0) is 43.1. The molecule has 342 valence electrons. The first kappa shape index (κ1) is 53.1. The molecular formula is C45H78O14. The van der Waals surface area contributed by atoms with Gasteiger partial charge in [-0.05, 0) is 51.4 Å². The number of rotatable bonds is 33. The third-order valence-corrected chi connectivity index (χ3v) is 10.4. The standard InChI is InChI=1S/C45H78O14/c1-3-5-7-9-11-12-13-14-15-16-17-18-19-20-21-23-25-27-29-54-31-34(57-37(47)28-26-24-22-10-8-6-4-2)32-55-44-43(53)41(51)39(49)36(59-44)33-56-45-42(52)40(50)38(48)35(30-46)58-45/h5,7,11-12,14-15,17-18,34-36,38-46,48-53H,3-4,6,8-10,13,16,19-33H2,1-2H3/b7-5-,12-11-,15-14-,18-17-. The average molecular weight is 843 g/mol. The highest BCUT2D eigenvalue weighted by Gasteiger charge is 2.47. The highest BCUT2D eigenvalue weighted by Crippen LogP contribution is 2.26. The molecule has 0 amide bonds. The summed E-state index contributed by atoms with van der Waals surface area (Å²) in [4.78, 5) is 12.8. The largest absolute Gasteiger partial charge is 0.457 e. The lowest BCUT2D eigenvalue weighted by atomic mass is 9.98. The molecule has 0 saturated carbocycles. The molecule has 2 aliphatic rings. The molecule has 0 aromatic carbocycles. The van der Waals surface area contributed by atoms with E-state index in [1.165, 1.54) is 19.3 Å². The van der Waals surface area contributed by atoms with Gasteiger partial charge in [-0.25, -0.2) is 0 Å². The number of carbonyl (C=O) groups is 1. The van der Waals surface area contributed by atoms with Gasteiger partial charge in [-0.3, -0.25) is 4.79 Å². The van der Waals surface area contributed by atoms with Crippen molar-refractivity contribution in [1.82, 2.24) is 0 Å². The number of hydrogen-bond acceptors (Lipinski definition) is 14. The summed E-state index contributed by atoms with van der Waals surface area (Å²) in [6.45, 7) is 3.45. The summed E-state index contributed by atoms with van der Waals surface area (Å²) < 4.78 is 34.0. The molecule has 14 nitrogen and oxygen atoms in total. The Morgan fingerprint density at radius 2 is 1.10 bits per heavy atom. The van der Waals surface area contributed by atoms with Gasteiger partial charge < -0.3 is 64.2 Å². The Hall–Kier alpha value is -2.05. The summed E-state index contributed by atoms with van der Waals surface area (Å²) in [5.41, 5.74) is 0. The number of esters is 1. The number of allylic oxidation sites excluding steroid dienone is 8. The van der Waals surface area contributed by atoms with Crippen molar-refractivity contribution in [3.8, 4) is 0 Å². The molecule has 2 heterocycles. The molecule has 0 aliphatic carbocycles. The lowest BCUT2D eigenvalue weighted by Crippen LogP contribution is -2.61. The Kier molecular flexibility index (Phi) is 30.2. The minimum atomic E-state index is -1.71. The summed E-state index contributed by atoms with van der Waals surface area (Å²) in [7, 11) is 0. The van der Waals surface area contributed by atoms with E-state index in [0.29, 0.717) is 13.0 Å². The Balaban J connectivity index is 1.78. The van der Waals surface area contributed by atoms with Crippen LogP contribution in [0.15, 0.2) is 48.6 Å². The highest BCUT2D eigenvalue weighted by molar-refractivity contribution is 5.69. The van der Waals surface area contributed by atoms with E-state index in [2.05, 4.69) is 62.5 Å². The van der Waals surface area contributed by atoms with Crippen LogP contribution in [0.4, 0.5) is 0 Å². The highest BCUT2D eigenvalue weighted by atomic mass is 16.7. The third-order valence-electron chi connectivity index (χ3n) is 10.4. The van der Waals surface area contributed by atoms with E-state index in [1.54, 1.807) is 0 Å². The fraction of sp³-hybridized carbons (Fsp3) is 0.800. The molecule has 11 unspecified atom stereocenters. The Labute approximate surface area is 352 Å². The SMILES string of the molecule is CC/C=C\C/C=C\C/C=C\C/C=C\CCCCCCCOCC(COC1OC(COC2OC(CO)C(O)C(O)C2O)C(O)C(O)C1O)OC(=O)CCCCCCCCC. The normalized spacial score (nSPS) is 28.4. The summed E-state index contributed by atoms with van der Waals surface area (Å²) in [6.07, 6.45) is 19.2. The number of aliphatic hydroxyl groups excluding tert-OH is 7. The van der Waals surface area contributed by atoms with Gasteiger partial charge in [0.1, 0.15) is 54.9 Å². The fourth-order valence-corrected chi connectivity index (χ4v) is 6.69. The van der Waals surface area contributed by atoms with Gasteiger partial charge in [0.15, 0.2) is 12.6 Å². The number of unbranched alkanes of at least 4 members (excludes halogenated alkanes) is 11. The van der Waals surface area contributed by atoms with Gasteiger partial charge in [-0.15, -0.1) is 0 Å². The maximum absolute atomic E-state index is 12.8. The van der Waals surface area contributed by atoms with Gasteiger partial charge in [0.25, 0.3) is 0 Å². The molecule has 2 rings (SSSR count). The van der Waals surface area contributed by atoms with E-state index in [0.717, 1.165) is 83.5 Å². The lowest BCUT2D eigenvalue weighted by Gasteiger charge is -2.42. The number of aliphatic hydroxyl groups is 7. The molecule has 7 N–H and O–H groups in total. The molecule has 0 spiro atoms. The van der Waals surface area contributed by atoms with Gasteiger partial charge in [0, 0.05) is 13.0 Å². The predicted molar refractivity (Wildman–Crippen MR) is 224 cm³/mol. The molecule has 0 aromatic rings. The first-order valence-corrected chi connectivity index (χ1v) is 22.2. The monoisotopic (exact) mass is 843 g/mol. The Morgan fingerprint density at radius 1 is 0.576 bits per heavy atom. The Morgan fingerprint density at radius 3 is 1.73 bits per heavy atom. The van der Waals surface area contributed by atoms with Gasteiger partial charge in [-0.1, -0.05) is 120 Å². The molecule has 0 aromatic heterocycles. The average Bonchev–Trinajstić information content (AvgIpc) is 3.23. The molecule has 14 heteroatoms. The number of ether oxygens (including phenoxy) is 6. The van der Waals surface area contributed by atoms with Crippen LogP contribution in [0, 0.1) is 0 Å². The smallest absolute Gasteiger partial charge is 0.306 e. The van der Waals surface area contributed by atoms with Crippen molar-refractivity contribution >= 4 is 5.97 Å². The molecular weight excluding hydrogens is 764 g/mol. The van der Waals surface area contributed by atoms with Crippen molar-refractivity contribution in [2.24, 2.45) is 0 Å². The van der Waals surface area contributed by atoms with Crippen LogP contribution < -0.4 is 0 Å². The van der Waals surface area contributed by atoms with Crippen LogP contribution in [0.3, 0.4) is 0 Å². The van der Waals surface area contributed by atoms with Crippen molar-refractivity contribution in [2.75, 3.05) is 33.0 Å². The maximum atomic E-state index is 12.8. The van der Waals surface area contributed by atoms with Gasteiger partial charge in [0.2, 0.25) is 0 Å². The van der Waals surface area contributed by atoms with Gasteiger partial charge >= 0.3 is 5.97 Å². The van der Waals surface area contributed by atoms with E-state index >= 15 is 0 Å². The van der Waals surface area contributed by atoms with Crippen LogP contribution >= 0.6 is 0 Å². The minimum absolute atomic E-state index is 0.0478. The van der Waals surface area contributed by atoms with E-state index < -0.39 is 86.7 Å². The second-order valence-electron chi connectivity index (χ2n) is 15.5. The minimum Gasteiger partial charge on any atom is -0.457 e. The molecule has 59 heavy (non-hydrogen) atoms. The second-order valence-corrected chi connectivity index (χ2v) is 15.5. The van der Waals surface area contributed by atoms with Gasteiger partial charge in [-0.2, -0.15) is 0 Å². The van der Waals surface area contributed by atoms with E-state index in [4.69, 9.17) is 28.4 Å². The molecule has 2 fully saturated rings. The van der Waals surface area contributed by atoms with Crippen molar-refractivity contribution in [2.45, 2.75) is 197 Å². The summed E-state index contributed by atoms with van der Waals surface area (Å²) in [5.74, 6) is -0.393. The molecule has 0 bridgehead atoms. The van der Waals surface area contributed by atoms with Crippen molar-refractivity contribution < 1.29 is 69.0 Å². The lowest BCUT2D eigenvalue weighted by molar-refractivity contribution is -0.332. The van der Waals surface area contributed by atoms with Crippen LogP contribution in [0.1, 0.15) is 129 Å². The molecule has 11 atom stereocenters. The van der Waals surface area contributed by atoms with Crippen LogP contribution in [0.25, 0.3) is 0 Å². The summed E-state index contributed by atoms with van der Waals surface area (Å²) in [5, 5.41) is 71.7. The maximum Gasteiger partial charge on any atom is 0.306 e. The summed E-state index contributed by atoms with van der Waals surface area (Å²) >= 11 is 0. The van der Waals surface area contributed by atoms with Crippen molar-refractivity contribution in [1.29, 1.82) is 0 Å². The Bertz CT molecular complexity index is 1160. The van der Waals surface area contributed by atoms with Crippen LogP contribution in [0.5, 0.6) is 0 Å². The quantitative estimate of drug-likeness (QED) is 0.0268. The van der Waals surface area contributed by atoms with E-state index in [-0.39, 0.29) is 19.6 Å². The van der Waals surface area contributed by atoms with E-state index in [9.17, 15) is 40.5 Å². The predicted octanol–water partition coefficient (Wildman–Crippen LogP) is 4.84. The van der Waals surface area contributed by atoms with Crippen LogP contribution in [0.2, 0.25) is 0 Å². The zero-order valence-electron chi connectivity index (χ0n) is 35.7. The second kappa shape index (κ2) is 33.6. The first-order valence-electron chi connectivity index (χ1n) is 22.2. The fourth-order valence-electron chi connectivity index (χ4n) is 6.69. The third kappa shape index (κ3) is 22.6. The van der Waals surface area contributed by atoms with E-state index in [1.807, 2.05) is 0 Å². The molecule has 0 radical (unpaired) electrons. The summed E-state index contributed by atoms with van der Waals surface area (Å²) in [6, 6.07) is 0. The van der Waals surface area contributed by atoms with Gasteiger partial charge in [0.05, 0.1) is 26.4 Å². The molecule has 2 saturated heterocycles. The topological polar surface area (TPSA) is 214 Å².